The van der Waals surface area contributed by atoms with Crippen LogP contribution in [0.4, 0.5) is 13.2 Å². The number of benzene rings is 1. The van der Waals surface area contributed by atoms with Crippen molar-refractivity contribution in [1.82, 2.24) is 4.98 Å². The summed E-state index contributed by atoms with van der Waals surface area (Å²) in [4.78, 5) is 4.27. The van der Waals surface area contributed by atoms with Crippen LogP contribution in [0.1, 0.15) is 18.2 Å². The van der Waals surface area contributed by atoms with E-state index in [1.807, 2.05) is 0 Å². The van der Waals surface area contributed by atoms with Crippen LogP contribution in [0.3, 0.4) is 0 Å². The van der Waals surface area contributed by atoms with Gasteiger partial charge in [0.25, 0.3) is 0 Å². The molecule has 0 radical (unpaired) electrons. The monoisotopic (exact) mass is 264 g/mol. The Balaban J connectivity index is 2.39. The summed E-state index contributed by atoms with van der Waals surface area (Å²) in [5, 5.41) is 9.18. The SMILES string of the molecule is CC(C#N)Cc1ccc2cc(C(F)(F)F)ccc2n1. The summed E-state index contributed by atoms with van der Waals surface area (Å²) in [6, 6.07) is 8.84. The maximum Gasteiger partial charge on any atom is 0.416 e. The minimum Gasteiger partial charge on any atom is -0.253 e. The van der Waals surface area contributed by atoms with Crippen LogP contribution in [0.15, 0.2) is 30.3 Å². The van der Waals surface area contributed by atoms with Gasteiger partial charge in [-0.15, -0.1) is 0 Å². The third-order valence-corrected chi connectivity index (χ3v) is 2.81. The van der Waals surface area contributed by atoms with E-state index in [9.17, 15) is 13.2 Å². The third kappa shape index (κ3) is 3.02. The molecular weight excluding hydrogens is 253 g/mol. The van der Waals surface area contributed by atoms with Gasteiger partial charge in [0, 0.05) is 23.4 Å². The fourth-order valence-corrected chi connectivity index (χ4v) is 1.82. The van der Waals surface area contributed by atoms with Crippen molar-refractivity contribution in [3.05, 3.63) is 41.6 Å². The number of aromatic nitrogens is 1. The first-order valence-electron chi connectivity index (χ1n) is 5.76. The highest BCUT2D eigenvalue weighted by Gasteiger charge is 2.30. The van der Waals surface area contributed by atoms with Crippen molar-refractivity contribution < 1.29 is 13.2 Å². The molecule has 0 bridgehead atoms. The molecule has 2 aromatic rings. The summed E-state index contributed by atoms with van der Waals surface area (Å²) in [6.07, 6.45) is -3.85. The second kappa shape index (κ2) is 4.88. The molecule has 1 unspecified atom stereocenters. The van der Waals surface area contributed by atoms with E-state index in [1.54, 1.807) is 19.1 Å². The molecule has 19 heavy (non-hydrogen) atoms. The summed E-state index contributed by atoms with van der Waals surface area (Å²) >= 11 is 0. The first kappa shape index (κ1) is 13.3. The lowest BCUT2D eigenvalue weighted by atomic mass is 10.1. The highest BCUT2D eigenvalue weighted by atomic mass is 19.4. The molecule has 1 aromatic carbocycles. The fourth-order valence-electron chi connectivity index (χ4n) is 1.82. The number of hydrogen-bond acceptors (Lipinski definition) is 2. The molecule has 0 saturated carbocycles. The van der Waals surface area contributed by atoms with E-state index < -0.39 is 11.7 Å². The van der Waals surface area contributed by atoms with Crippen LogP contribution in [0.5, 0.6) is 0 Å². The molecule has 0 N–H and O–H groups in total. The van der Waals surface area contributed by atoms with E-state index in [0.29, 0.717) is 23.0 Å². The summed E-state index contributed by atoms with van der Waals surface area (Å²) in [5.74, 6) is -0.167. The fraction of sp³-hybridized carbons (Fsp3) is 0.286. The molecule has 0 aliphatic rings. The number of nitrogens with zero attached hydrogens (tertiary/aromatic N) is 2. The van der Waals surface area contributed by atoms with Gasteiger partial charge >= 0.3 is 6.18 Å². The van der Waals surface area contributed by atoms with Crippen molar-refractivity contribution in [2.24, 2.45) is 5.92 Å². The smallest absolute Gasteiger partial charge is 0.253 e. The zero-order chi connectivity index (χ0) is 14.0. The van der Waals surface area contributed by atoms with Gasteiger partial charge in [0.15, 0.2) is 0 Å². The second-order valence-corrected chi connectivity index (χ2v) is 4.44. The molecular formula is C14H11F3N2. The summed E-state index contributed by atoms with van der Waals surface area (Å²) < 4.78 is 37.7. The van der Waals surface area contributed by atoms with Gasteiger partial charge in [0.05, 0.1) is 17.1 Å². The van der Waals surface area contributed by atoms with Crippen molar-refractivity contribution in [2.75, 3.05) is 0 Å². The van der Waals surface area contributed by atoms with E-state index in [4.69, 9.17) is 5.26 Å². The molecule has 0 spiro atoms. The number of hydrogen-bond donors (Lipinski definition) is 0. The molecule has 0 saturated heterocycles. The van der Waals surface area contributed by atoms with Crippen molar-refractivity contribution in [2.45, 2.75) is 19.5 Å². The molecule has 0 amide bonds. The molecule has 1 heterocycles. The Morgan fingerprint density at radius 3 is 2.63 bits per heavy atom. The Labute approximate surface area is 108 Å². The van der Waals surface area contributed by atoms with Gasteiger partial charge in [-0.05, 0) is 31.2 Å². The highest BCUT2D eigenvalue weighted by Crippen LogP contribution is 2.31. The van der Waals surface area contributed by atoms with Gasteiger partial charge in [-0.3, -0.25) is 4.98 Å². The van der Waals surface area contributed by atoms with Gasteiger partial charge in [0.2, 0.25) is 0 Å². The molecule has 2 rings (SSSR count). The van der Waals surface area contributed by atoms with Gasteiger partial charge in [-0.25, -0.2) is 0 Å². The molecule has 5 heteroatoms. The topological polar surface area (TPSA) is 36.7 Å². The molecule has 98 valence electrons. The van der Waals surface area contributed by atoms with Crippen molar-refractivity contribution >= 4 is 10.9 Å². The van der Waals surface area contributed by atoms with Crippen molar-refractivity contribution in [3.8, 4) is 6.07 Å². The quantitative estimate of drug-likeness (QED) is 0.823. The van der Waals surface area contributed by atoms with Gasteiger partial charge in [-0.1, -0.05) is 6.07 Å². The Kier molecular flexibility index (Phi) is 3.43. The lowest BCUT2D eigenvalue weighted by Gasteiger charge is -2.08. The average Bonchev–Trinajstić information content (AvgIpc) is 2.36. The van der Waals surface area contributed by atoms with E-state index >= 15 is 0 Å². The van der Waals surface area contributed by atoms with E-state index in [2.05, 4.69) is 11.1 Å². The molecule has 0 aliphatic carbocycles. The minimum absolute atomic E-state index is 0.167. The number of rotatable bonds is 2. The van der Waals surface area contributed by atoms with Gasteiger partial charge in [0.1, 0.15) is 0 Å². The number of pyridine rings is 1. The first-order valence-corrected chi connectivity index (χ1v) is 5.76. The van der Waals surface area contributed by atoms with Gasteiger partial charge in [-0.2, -0.15) is 18.4 Å². The zero-order valence-electron chi connectivity index (χ0n) is 10.2. The van der Waals surface area contributed by atoms with Crippen LogP contribution >= 0.6 is 0 Å². The van der Waals surface area contributed by atoms with E-state index in [-0.39, 0.29) is 5.92 Å². The van der Waals surface area contributed by atoms with Crippen molar-refractivity contribution in [3.63, 3.8) is 0 Å². The second-order valence-electron chi connectivity index (χ2n) is 4.44. The third-order valence-electron chi connectivity index (χ3n) is 2.81. The maximum atomic E-state index is 12.6. The van der Waals surface area contributed by atoms with Crippen LogP contribution in [-0.2, 0) is 12.6 Å². The largest absolute Gasteiger partial charge is 0.416 e. The Morgan fingerprint density at radius 2 is 2.00 bits per heavy atom. The Bertz CT molecular complexity index is 641. The van der Waals surface area contributed by atoms with Crippen LogP contribution in [0, 0.1) is 17.2 Å². The molecule has 0 fully saturated rings. The zero-order valence-corrected chi connectivity index (χ0v) is 10.2. The minimum atomic E-state index is -4.35. The van der Waals surface area contributed by atoms with Crippen LogP contribution in [-0.4, -0.2) is 4.98 Å². The van der Waals surface area contributed by atoms with E-state index in [1.165, 1.54) is 6.07 Å². The summed E-state index contributed by atoms with van der Waals surface area (Å²) in [5.41, 5.74) is 0.539. The maximum absolute atomic E-state index is 12.6. The van der Waals surface area contributed by atoms with Crippen LogP contribution in [0.25, 0.3) is 10.9 Å². The Hall–Kier alpha value is -2.09. The van der Waals surface area contributed by atoms with Crippen molar-refractivity contribution in [1.29, 1.82) is 5.26 Å². The molecule has 1 atom stereocenters. The number of fused-ring (bicyclic) bond motifs is 1. The van der Waals surface area contributed by atoms with Crippen LogP contribution in [0.2, 0.25) is 0 Å². The average molecular weight is 264 g/mol. The lowest BCUT2D eigenvalue weighted by molar-refractivity contribution is -0.137. The number of halogens is 3. The number of nitriles is 1. The Morgan fingerprint density at radius 1 is 1.26 bits per heavy atom. The molecule has 2 nitrogen and oxygen atoms in total. The standard InChI is InChI=1S/C14H11F3N2/c1-9(8-18)6-12-4-2-10-7-11(14(15,16)17)3-5-13(10)19-12/h2-5,7,9H,6H2,1H3. The van der Waals surface area contributed by atoms with E-state index in [0.717, 1.165) is 12.1 Å². The lowest BCUT2D eigenvalue weighted by Crippen LogP contribution is -2.05. The normalized spacial score (nSPS) is 13.2. The summed E-state index contributed by atoms with van der Waals surface area (Å²) in [6.45, 7) is 1.78. The molecule has 1 aromatic heterocycles. The highest BCUT2D eigenvalue weighted by molar-refractivity contribution is 5.79. The summed E-state index contributed by atoms with van der Waals surface area (Å²) in [7, 11) is 0. The predicted octanol–water partition coefficient (Wildman–Crippen LogP) is 3.96. The molecule has 0 aliphatic heterocycles. The predicted molar refractivity (Wildman–Crippen MR) is 65.2 cm³/mol. The first-order chi connectivity index (χ1) is 8.90. The number of alkyl halides is 3. The van der Waals surface area contributed by atoms with Gasteiger partial charge < -0.3 is 0 Å². The van der Waals surface area contributed by atoms with Crippen LogP contribution < -0.4 is 0 Å².